The van der Waals surface area contributed by atoms with Gasteiger partial charge < -0.3 is 9.47 Å². The van der Waals surface area contributed by atoms with Crippen molar-refractivity contribution in [3.63, 3.8) is 0 Å². The topological polar surface area (TPSA) is 52.6 Å². The summed E-state index contributed by atoms with van der Waals surface area (Å²) in [5, 5.41) is 0. The zero-order valence-electron chi connectivity index (χ0n) is 12.8. The summed E-state index contributed by atoms with van der Waals surface area (Å²) in [7, 11) is 0. The van der Waals surface area contributed by atoms with Crippen molar-refractivity contribution in [2.75, 3.05) is 0 Å². The Morgan fingerprint density at radius 1 is 0.850 bits per heavy atom. The zero-order valence-corrected chi connectivity index (χ0v) is 12.8. The average Bonchev–Trinajstić information content (AvgIpc) is 2.47. The molecule has 0 N–H and O–H groups in total. The summed E-state index contributed by atoms with van der Waals surface area (Å²) in [6.07, 6.45) is 6.24. The van der Waals surface area contributed by atoms with Crippen LogP contribution in [-0.4, -0.2) is 24.1 Å². The van der Waals surface area contributed by atoms with E-state index in [1.165, 1.54) is 0 Å². The molecule has 0 aromatic rings. The number of hydrogen-bond donors (Lipinski definition) is 0. The molecular formula is C16H24O4. The van der Waals surface area contributed by atoms with Crippen LogP contribution in [0.1, 0.15) is 53.4 Å². The first-order chi connectivity index (χ1) is 9.49. The van der Waals surface area contributed by atoms with Crippen molar-refractivity contribution in [3.8, 4) is 0 Å². The molecule has 1 saturated carbocycles. The van der Waals surface area contributed by atoms with Crippen molar-refractivity contribution in [2.24, 2.45) is 0 Å². The molecule has 0 aromatic carbocycles. The fourth-order valence-electron chi connectivity index (χ4n) is 2.03. The van der Waals surface area contributed by atoms with Gasteiger partial charge in [-0.2, -0.15) is 0 Å². The fraction of sp³-hybridized carbons (Fsp3) is 0.625. The van der Waals surface area contributed by atoms with Crippen LogP contribution in [0.15, 0.2) is 23.3 Å². The van der Waals surface area contributed by atoms with Gasteiger partial charge in [0.05, 0.1) is 0 Å². The minimum absolute atomic E-state index is 0.330. The van der Waals surface area contributed by atoms with Crippen LogP contribution in [-0.2, 0) is 19.1 Å². The molecule has 0 bridgehead atoms. The number of carbonyl (C=O) groups excluding carboxylic acids is 2. The molecule has 1 aliphatic rings. The Hall–Kier alpha value is -1.58. The highest BCUT2D eigenvalue weighted by Gasteiger charge is 2.31. The summed E-state index contributed by atoms with van der Waals surface area (Å²) in [6, 6.07) is 0. The maximum absolute atomic E-state index is 11.8. The van der Waals surface area contributed by atoms with E-state index in [-0.39, 0.29) is 24.1 Å². The molecule has 1 rings (SSSR count). The first kappa shape index (κ1) is 16.5. The van der Waals surface area contributed by atoms with E-state index in [9.17, 15) is 9.59 Å². The number of rotatable bonds is 4. The Kier molecular flexibility index (Phi) is 6.49. The van der Waals surface area contributed by atoms with Gasteiger partial charge in [0.25, 0.3) is 0 Å². The average molecular weight is 280 g/mol. The largest absolute Gasteiger partial charge is 0.455 e. The quantitative estimate of drug-likeness (QED) is 0.585. The van der Waals surface area contributed by atoms with Crippen LogP contribution in [0, 0.1) is 0 Å². The van der Waals surface area contributed by atoms with Gasteiger partial charge in [0.15, 0.2) is 0 Å². The molecule has 0 radical (unpaired) electrons. The second-order valence-corrected chi connectivity index (χ2v) is 5.12. The summed E-state index contributed by atoms with van der Waals surface area (Å²) < 4.78 is 10.9. The molecule has 1 fully saturated rings. The molecule has 4 heteroatoms. The molecule has 2 unspecified atom stereocenters. The third-order valence-electron chi connectivity index (χ3n) is 3.67. The lowest BCUT2D eigenvalue weighted by Crippen LogP contribution is -2.38. The summed E-state index contributed by atoms with van der Waals surface area (Å²) in [5.74, 6) is -0.661. The smallest absolute Gasteiger partial charge is 0.333 e. The van der Waals surface area contributed by atoms with E-state index >= 15 is 0 Å². The molecular weight excluding hydrogens is 256 g/mol. The molecule has 0 aliphatic heterocycles. The van der Waals surface area contributed by atoms with Gasteiger partial charge in [-0.1, -0.05) is 12.2 Å². The van der Waals surface area contributed by atoms with Crippen LogP contribution in [0.5, 0.6) is 0 Å². The van der Waals surface area contributed by atoms with Gasteiger partial charge in [-0.05, 0) is 53.4 Å². The Bertz CT molecular complexity index is 380. The number of allylic oxidation sites excluding steroid dienone is 2. The highest BCUT2D eigenvalue weighted by molar-refractivity contribution is 5.88. The maximum Gasteiger partial charge on any atom is 0.333 e. The van der Waals surface area contributed by atoms with Gasteiger partial charge in [0, 0.05) is 11.1 Å². The summed E-state index contributed by atoms with van der Waals surface area (Å²) in [4.78, 5) is 23.6. The molecule has 0 saturated heterocycles. The lowest BCUT2D eigenvalue weighted by Gasteiger charge is -2.30. The van der Waals surface area contributed by atoms with Gasteiger partial charge in [-0.3, -0.25) is 0 Å². The van der Waals surface area contributed by atoms with Crippen molar-refractivity contribution in [3.05, 3.63) is 23.3 Å². The Morgan fingerprint density at radius 3 is 1.50 bits per heavy atom. The summed E-state index contributed by atoms with van der Waals surface area (Å²) >= 11 is 0. The molecule has 20 heavy (non-hydrogen) atoms. The van der Waals surface area contributed by atoms with E-state index < -0.39 is 0 Å². The standard InChI is InChI=1S/C16H24O4/c1-5-11(3)15(17)19-13-9-7-8-10-14(13)20-16(18)12(4)6-2/h5-6,13-14H,7-10H2,1-4H3/b11-5+,12-6+. The minimum Gasteiger partial charge on any atom is -0.455 e. The highest BCUT2D eigenvalue weighted by Crippen LogP contribution is 2.25. The van der Waals surface area contributed by atoms with Crippen LogP contribution < -0.4 is 0 Å². The predicted molar refractivity (Wildman–Crippen MR) is 77.1 cm³/mol. The predicted octanol–water partition coefficient (Wildman–Crippen LogP) is 3.32. The van der Waals surface area contributed by atoms with Crippen LogP contribution in [0.3, 0.4) is 0 Å². The van der Waals surface area contributed by atoms with Crippen molar-refractivity contribution in [1.82, 2.24) is 0 Å². The van der Waals surface area contributed by atoms with Crippen LogP contribution in [0.4, 0.5) is 0 Å². The first-order valence-corrected chi connectivity index (χ1v) is 7.17. The fourth-order valence-corrected chi connectivity index (χ4v) is 2.03. The van der Waals surface area contributed by atoms with E-state index in [1.54, 1.807) is 39.8 Å². The van der Waals surface area contributed by atoms with E-state index in [0.717, 1.165) is 25.7 Å². The van der Waals surface area contributed by atoms with Gasteiger partial charge in [-0.25, -0.2) is 9.59 Å². The van der Waals surface area contributed by atoms with Gasteiger partial charge in [-0.15, -0.1) is 0 Å². The molecule has 2 atom stereocenters. The molecule has 112 valence electrons. The van der Waals surface area contributed by atoms with E-state index in [0.29, 0.717) is 11.1 Å². The normalized spacial score (nSPS) is 24.2. The second-order valence-electron chi connectivity index (χ2n) is 5.12. The lowest BCUT2D eigenvalue weighted by atomic mass is 9.94. The van der Waals surface area contributed by atoms with Crippen LogP contribution in [0.2, 0.25) is 0 Å². The van der Waals surface area contributed by atoms with E-state index in [2.05, 4.69) is 0 Å². The lowest BCUT2D eigenvalue weighted by molar-refractivity contribution is -0.166. The number of ether oxygens (including phenoxy) is 2. The van der Waals surface area contributed by atoms with Crippen LogP contribution >= 0.6 is 0 Å². The summed E-state index contributed by atoms with van der Waals surface area (Å²) in [5.41, 5.74) is 1.15. The van der Waals surface area contributed by atoms with Gasteiger partial charge >= 0.3 is 11.9 Å². The summed E-state index contributed by atoms with van der Waals surface area (Å²) in [6.45, 7) is 7.03. The van der Waals surface area contributed by atoms with Gasteiger partial charge in [0.1, 0.15) is 12.2 Å². The highest BCUT2D eigenvalue weighted by atomic mass is 16.6. The second kappa shape index (κ2) is 7.88. The van der Waals surface area contributed by atoms with Crippen molar-refractivity contribution >= 4 is 11.9 Å². The van der Waals surface area contributed by atoms with Gasteiger partial charge in [0.2, 0.25) is 0 Å². The monoisotopic (exact) mass is 280 g/mol. The Labute approximate surface area is 120 Å². The molecule has 0 heterocycles. The van der Waals surface area contributed by atoms with Crippen molar-refractivity contribution < 1.29 is 19.1 Å². The third-order valence-corrected chi connectivity index (χ3v) is 3.67. The molecule has 0 spiro atoms. The SMILES string of the molecule is C/C=C(\C)C(=O)OC1CCCCC1OC(=O)/C(C)=C/C. The molecule has 4 nitrogen and oxygen atoms in total. The molecule has 1 aliphatic carbocycles. The maximum atomic E-state index is 11.8. The molecule has 0 amide bonds. The van der Waals surface area contributed by atoms with E-state index in [1.807, 2.05) is 0 Å². The van der Waals surface area contributed by atoms with Crippen molar-refractivity contribution in [2.45, 2.75) is 65.6 Å². The number of hydrogen-bond acceptors (Lipinski definition) is 4. The third kappa shape index (κ3) is 4.51. The Balaban J connectivity index is 2.67. The Morgan fingerprint density at radius 2 is 1.20 bits per heavy atom. The number of esters is 2. The van der Waals surface area contributed by atoms with E-state index in [4.69, 9.17) is 9.47 Å². The first-order valence-electron chi connectivity index (χ1n) is 7.17. The number of carbonyl (C=O) groups is 2. The minimum atomic E-state index is -0.334. The molecule has 0 aromatic heterocycles. The van der Waals surface area contributed by atoms with Crippen molar-refractivity contribution in [1.29, 1.82) is 0 Å². The van der Waals surface area contributed by atoms with Crippen LogP contribution in [0.25, 0.3) is 0 Å². The zero-order chi connectivity index (χ0) is 15.1.